The highest BCUT2D eigenvalue weighted by atomic mass is 35.5. The SMILES string of the molecule is COc1ccc(OCc2ccnc(NCl)c2)c(-c2nnc(Nc3ccc(Cl)cc3)s2)c1. The summed E-state index contributed by atoms with van der Waals surface area (Å²) in [5.74, 6) is 1.91. The molecule has 0 aliphatic heterocycles. The maximum Gasteiger partial charge on any atom is 0.210 e. The number of hydrogen-bond acceptors (Lipinski definition) is 8. The second-order valence-corrected chi connectivity index (χ2v) is 7.94. The molecule has 4 rings (SSSR count). The molecule has 0 unspecified atom stereocenters. The highest BCUT2D eigenvalue weighted by molar-refractivity contribution is 7.18. The fourth-order valence-electron chi connectivity index (χ4n) is 2.75. The van der Waals surface area contributed by atoms with Crippen LogP contribution in [0.25, 0.3) is 10.6 Å². The van der Waals surface area contributed by atoms with Crippen molar-refractivity contribution in [3.63, 3.8) is 0 Å². The molecular formula is C21H17Cl2N5O2S. The first-order valence-corrected chi connectivity index (χ1v) is 10.7. The van der Waals surface area contributed by atoms with Gasteiger partial charge in [-0.2, -0.15) is 0 Å². The summed E-state index contributed by atoms with van der Waals surface area (Å²) in [5.41, 5.74) is 2.57. The molecule has 2 aromatic carbocycles. The van der Waals surface area contributed by atoms with Crippen LogP contribution in [0.15, 0.2) is 60.8 Å². The van der Waals surface area contributed by atoms with Crippen molar-refractivity contribution in [1.29, 1.82) is 0 Å². The maximum atomic E-state index is 6.07. The molecule has 0 saturated heterocycles. The van der Waals surface area contributed by atoms with E-state index in [0.29, 0.717) is 39.1 Å². The van der Waals surface area contributed by atoms with E-state index in [9.17, 15) is 0 Å². The molecule has 10 heteroatoms. The normalized spacial score (nSPS) is 10.5. The van der Waals surface area contributed by atoms with E-state index in [-0.39, 0.29) is 0 Å². The largest absolute Gasteiger partial charge is 0.497 e. The van der Waals surface area contributed by atoms with Gasteiger partial charge in [0.2, 0.25) is 5.13 Å². The molecule has 31 heavy (non-hydrogen) atoms. The zero-order valence-corrected chi connectivity index (χ0v) is 18.6. The maximum absolute atomic E-state index is 6.07. The first-order valence-electron chi connectivity index (χ1n) is 9.13. The van der Waals surface area contributed by atoms with Gasteiger partial charge in [0.25, 0.3) is 0 Å². The summed E-state index contributed by atoms with van der Waals surface area (Å²) in [6, 6.07) is 16.6. The number of anilines is 3. The lowest BCUT2D eigenvalue weighted by Gasteiger charge is -2.12. The average molecular weight is 474 g/mol. The van der Waals surface area contributed by atoms with Crippen molar-refractivity contribution in [2.24, 2.45) is 0 Å². The summed E-state index contributed by atoms with van der Waals surface area (Å²) in [4.78, 5) is 6.60. The smallest absolute Gasteiger partial charge is 0.210 e. The second-order valence-electron chi connectivity index (χ2n) is 6.34. The lowest BCUT2D eigenvalue weighted by molar-refractivity contribution is 0.306. The number of hydrogen-bond donors (Lipinski definition) is 2. The van der Waals surface area contributed by atoms with Crippen LogP contribution in [0.3, 0.4) is 0 Å². The van der Waals surface area contributed by atoms with Crippen molar-refractivity contribution < 1.29 is 9.47 Å². The van der Waals surface area contributed by atoms with E-state index in [1.165, 1.54) is 11.3 Å². The number of benzene rings is 2. The van der Waals surface area contributed by atoms with Gasteiger partial charge in [-0.15, -0.1) is 10.2 Å². The number of nitrogens with one attached hydrogen (secondary N) is 2. The van der Waals surface area contributed by atoms with Gasteiger partial charge < -0.3 is 14.8 Å². The Hall–Kier alpha value is -3.07. The van der Waals surface area contributed by atoms with Crippen LogP contribution in [0.4, 0.5) is 16.6 Å². The number of ether oxygens (including phenoxy) is 2. The minimum absolute atomic E-state index is 0.335. The van der Waals surface area contributed by atoms with E-state index in [1.807, 2.05) is 54.6 Å². The number of rotatable bonds is 8. The second kappa shape index (κ2) is 9.82. The molecule has 158 valence electrons. The van der Waals surface area contributed by atoms with E-state index in [0.717, 1.165) is 16.8 Å². The summed E-state index contributed by atoms with van der Waals surface area (Å²) in [7, 11) is 1.62. The fourth-order valence-corrected chi connectivity index (χ4v) is 3.76. The Morgan fingerprint density at radius 3 is 2.65 bits per heavy atom. The number of nitrogens with zero attached hydrogens (tertiary/aromatic N) is 3. The van der Waals surface area contributed by atoms with Gasteiger partial charge in [-0.3, -0.25) is 4.84 Å². The van der Waals surface area contributed by atoms with Crippen LogP contribution in [-0.4, -0.2) is 22.3 Å². The number of methoxy groups -OCH3 is 1. The standard InChI is InChI=1S/C21H17Cl2N5O2S/c1-29-16-6-7-18(30-12-13-8-9-24-19(10-13)26-23)17(11-16)20-27-28-21(31-20)25-15-4-2-14(22)3-5-15/h2-11H,12H2,1H3,(H,24,26)(H,25,28). The fraction of sp³-hybridized carbons (Fsp3) is 0.0952. The van der Waals surface area contributed by atoms with E-state index in [1.54, 1.807) is 13.3 Å². The topological polar surface area (TPSA) is 81.2 Å². The van der Waals surface area contributed by atoms with Crippen molar-refractivity contribution in [2.45, 2.75) is 6.61 Å². The number of aromatic nitrogens is 3. The Morgan fingerprint density at radius 2 is 1.87 bits per heavy atom. The quantitative estimate of drug-likeness (QED) is 0.297. The molecule has 0 saturated carbocycles. The van der Waals surface area contributed by atoms with Gasteiger partial charge in [-0.25, -0.2) is 4.98 Å². The first kappa shape index (κ1) is 21.2. The van der Waals surface area contributed by atoms with Crippen LogP contribution in [0.1, 0.15) is 5.56 Å². The van der Waals surface area contributed by atoms with E-state index in [2.05, 4.69) is 25.3 Å². The third kappa shape index (κ3) is 5.35. The van der Waals surface area contributed by atoms with Gasteiger partial charge in [0.1, 0.15) is 23.9 Å². The lowest BCUT2D eigenvalue weighted by atomic mass is 10.2. The van der Waals surface area contributed by atoms with E-state index < -0.39 is 0 Å². The molecule has 2 heterocycles. The summed E-state index contributed by atoms with van der Waals surface area (Å²) in [6.45, 7) is 0.335. The van der Waals surface area contributed by atoms with Crippen LogP contribution >= 0.6 is 34.7 Å². The molecule has 0 atom stereocenters. The van der Waals surface area contributed by atoms with Crippen molar-refractivity contribution in [2.75, 3.05) is 17.3 Å². The molecular weight excluding hydrogens is 457 g/mol. The average Bonchev–Trinajstić information content (AvgIpc) is 3.27. The number of halogens is 2. The predicted octanol–water partition coefficient (Wildman–Crippen LogP) is 6.15. The minimum Gasteiger partial charge on any atom is -0.497 e. The zero-order chi connectivity index (χ0) is 21.6. The summed E-state index contributed by atoms with van der Waals surface area (Å²) >= 11 is 13.0. The van der Waals surface area contributed by atoms with E-state index >= 15 is 0 Å². The first-order chi connectivity index (χ1) is 15.1. The highest BCUT2D eigenvalue weighted by Crippen LogP contribution is 2.37. The molecule has 7 nitrogen and oxygen atoms in total. The summed E-state index contributed by atoms with van der Waals surface area (Å²) in [6.07, 6.45) is 1.66. The van der Waals surface area contributed by atoms with Crippen LogP contribution in [0, 0.1) is 0 Å². The van der Waals surface area contributed by atoms with Gasteiger partial charge in [-0.1, -0.05) is 22.9 Å². The van der Waals surface area contributed by atoms with Crippen LogP contribution in [0.5, 0.6) is 11.5 Å². The zero-order valence-electron chi connectivity index (χ0n) is 16.3. The van der Waals surface area contributed by atoms with Gasteiger partial charge >= 0.3 is 0 Å². The third-order valence-corrected chi connectivity index (χ3v) is 5.57. The Labute approximate surface area is 193 Å². The van der Waals surface area contributed by atoms with Crippen molar-refractivity contribution in [3.05, 3.63) is 71.4 Å². The Balaban J connectivity index is 1.56. The monoisotopic (exact) mass is 473 g/mol. The highest BCUT2D eigenvalue weighted by Gasteiger charge is 2.14. The Bertz CT molecular complexity index is 1170. The van der Waals surface area contributed by atoms with Crippen LogP contribution < -0.4 is 19.6 Å². The minimum atomic E-state index is 0.335. The van der Waals surface area contributed by atoms with Gasteiger partial charge in [-0.05, 0) is 60.2 Å². The predicted molar refractivity (Wildman–Crippen MR) is 125 cm³/mol. The number of pyridine rings is 1. The van der Waals surface area contributed by atoms with E-state index in [4.69, 9.17) is 32.9 Å². The van der Waals surface area contributed by atoms with Gasteiger partial charge in [0, 0.05) is 28.7 Å². The summed E-state index contributed by atoms with van der Waals surface area (Å²) < 4.78 is 11.4. The third-order valence-electron chi connectivity index (χ3n) is 4.25. The molecule has 0 aliphatic rings. The van der Waals surface area contributed by atoms with Gasteiger partial charge in [0.05, 0.1) is 12.7 Å². The molecule has 0 amide bonds. The van der Waals surface area contributed by atoms with Crippen LogP contribution in [-0.2, 0) is 6.61 Å². The van der Waals surface area contributed by atoms with Gasteiger partial charge in [0.15, 0.2) is 5.01 Å². The Kier molecular flexibility index (Phi) is 6.71. The molecule has 0 fully saturated rings. The molecule has 0 radical (unpaired) electrons. The molecule has 2 aromatic heterocycles. The molecule has 0 bridgehead atoms. The molecule has 0 aliphatic carbocycles. The molecule has 4 aromatic rings. The Morgan fingerprint density at radius 1 is 1.03 bits per heavy atom. The lowest BCUT2D eigenvalue weighted by Crippen LogP contribution is -1.99. The molecule has 2 N–H and O–H groups in total. The summed E-state index contributed by atoms with van der Waals surface area (Å²) in [5, 5.41) is 13.8. The van der Waals surface area contributed by atoms with Crippen molar-refractivity contribution in [3.8, 4) is 22.1 Å². The van der Waals surface area contributed by atoms with Crippen molar-refractivity contribution in [1.82, 2.24) is 15.2 Å². The van der Waals surface area contributed by atoms with Crippen molar-refractivity contribution >= 4 is 51.4 Å². The van der Waals surface area contributed by atoms with Crippen LogP contribution in [0.2, 0.25) is 5.02 Å². The molecule has 0 spiro atoms.